The van der Waals surface area contributed by atoms with Gasteiger partial charge in [0.05, 0.1) is 0 Å². The van der Waals surface area contributed by atoms with Crippen LogP contribution in [-0.2, 0) is 17.7 Å². The summed E-state index contributed by atoms with van der Waals surface area (Å²) in [6, 6.07) is 1.96. The van der Waals surface area contributed by atoms with E-state index in [4.69, 9.17) is 17.7 Å². The monoisotopic (exact) mass is 364 g/mol. The van der Waals surface area contributed by atoms with Crippen LogP contribution < -0.4 is 0 Å². The van der Waals surface area contributed by atoms with Crippen molar-refractivity contribution >= 4 is 17.1 Å². The predicted molar refractivity (Wildman–Crippen MR) is 102 cm³/mol. The van der Waals surface area contributed by atoms with Gasteiger partial charge in [0.2, 0.25) is 0 Å². The zero-order chi connectivity index (χ0) is 18.3. The number of rotatable bonds is 12. The first kappa shape index (κ1) is 23.3. The first-order valence-electron chi connectivity index (χ1n) is 9.09. The number of hydrogen-bond donors (Lipinski definition) is 0. The van der Waals surface area contributed by atoms with Gasteiger partial charge in [0, 0.05) is 24.4 Å². The minimum absolute atomic E-state index is 0.202. The molecular formula is C17H40O4Si2. The highest BCUT2D eigenvalue weighted by Gasteiger charge is 2.38. The number of hydrogen-bond acceptors (Lipinski definition) is 4. The van der Waals surface area contributed by atoms with E-state index in [-0.39, 0.29) is 24.4 Å². The van der Waals surface area contributed by atoms with Crippen molar-refractivity contribution < 1.29 is 17.7 Å². The molecule has 0 aliphatic heterocycles. The van der Waals surface area contributed by atoms with E-state index in [1.807, 2.05) is 0 Å². The van der Waals surface area contributed by atoms with Crippen LogP contribution in [0.4, 0.5) is 0 Å². The standard InChI is InChI=1S/C17H40O4Si2/c1-14(2)18-22(9,19-15(3)4)12-11-13-23(10,20-16(5)6)21-17(7)8/h14-17H,11-13H2,1-10H3. The summed E-state index contributed by atoms with van der Waals surface area (Å²) < 4.78 is 24.7. The largest absolute Gasteiger partial charge is 0.392 e. The van der Waals surface area contributed by atoms with Crippen molar-refractivity contribution in [3.8, 4) is 0 Å². The van der Waals surface area contributed by atoms with E-state index < -0.39 is 17.1 Å². The van der Waals surface area contributed by atoms with Crippen molar-refractivity contribution in [3.05, 3.63) is 0 Å². The molecule has 0 heterocycles. The van der Waals surface area contributed by atoms with Gasteiger partial charge in [-0.25, -0.2) is 0 Å². The normalized spacial score (nSPS) is 13.8. The molecule has 0 atom stereocenters. The van der Waals surface area contributed by atoms with Gasteiger partial charge in [-0.1, -0.05) is 0 Å². The van der Waals surface area contributed by atoms with Crippen LogP contribution in [0.25, 0.3) is 0 Å². The SMILES string of the molecule is CC(C)O[Si](C)(CCC[Si](C)(OC(C)C)OC(C)C)OC(C)C. The molecule has 23 heavy (non-hydrogen) atoms. The molecule has 0 amide bonds. The maximum Gasteiger partial charge on any atom is 0.335 e. The van der Waals surface area contributed by atoms with Crippen molar-refractivity contribution in [2.24, 2.45) is 0 Å². The van der Waals surface area contributed by atoms with Gasteiger partial charge in [-0.15, -0.1) is 0 Å². The molecule has 0 saturated heterocycles. The molecule has 0 saturated carbocycles. The second kappa shape index (κ2) is 10.3. The maximum atomic E-state index is 6.18. The summed E-state index contributed by atoms with van der Waals surface area (Å²) in [5, 5.41) is 0. The lowest BCUT2D eigenvalue weighted by atomic mass is 10.5. The summed E-state index contributed by atoms with van der Waals surface area (Å²) >= 11 is 0. The van der Waals surface area contributed by atoms with Crippen LogP contribution in [-0.4, -0.2) is 41.5 Å². The van der Waals surface area contributed by atoms with Crippen molar-refractivity contribution in [1.29, 1.82) is 0 Å². The molecule has 140 valence electrons. The molecule has 4 nitrogen and oxygen atoms in total. The van der Waals surface area contributed by atoms with Crippen LogP contribution in [0.1, 0.15) is 61.8 Å². The van der Waals surface area contributed by atoms with E-state index in [0.717, 1.165) is 18.5 Å². The molecule has 0 aliphatic rings. The zero-order valence-corrected chi connectivity index (χ0v) is 19.1. The van der Waals surface area contributed by atoms with E-state index in [0.29, 0.717) is 0 Å². The van der Waals surface area contributed by atoms with Crippen LogP contribution in [0, 0.1) is 0 Å². The smallest absolute Gasteiger partial charge is 0.335 e. The van der Waals surface area contributed by atoms with Gasteiger partial charge >= 0.3 is 17.1 Å². The van der Waals surface area contributed by atoms with Crippen molar-refractivity contribution in [1.82, 2.24) is 0 Å². The summed E-state index contributed by atoms with van der Waals surface area (Å²) in [6.07, 6.45) is 1.84. The fourth-order valence-corrected chi connectivity index (χ4v) is 9.58. The van der Waals surface area contributed by atoms with Crippen LogP contribution in [0.3, 0.4) is 0 Å². The summed E-state index contributed by atoms with van der Waals surface area (Å²) in [6.45, 7) is 21.0. The lowest BCUT2D eigenvalue weighted by Crippen LogP contribution is -2.45. The summed E-state index contributed by atoms with van der Waals surface area (Å²) in [7, 11) is -4.29. The lowest BCUT2D eigenvalue weighted by molar-refractivity contribution is 0.105. The maximum absolute atomic E-state index is 6.18. The average Bonchev–Trinajstić information content (AvgIpc) is 2.22. The Balaban J connectivity index is 4.73. The fraction of sp³-hybridized carbons (Fsp3) is 1.00. The van der Waals surface area contributed by atoms with Gasteiger partial charge in [0.1, 0.15) is 0 Å². The summed E-state index contributed by atoms with van der Waals surface area (Å²) in [5.74, 6) is 0. The molecule has 0 unspecified atom stereocenters. The molecule has 6 heteroatoms. The van der Waals surface area contributed by atoms with Crippen molar-refractivity contribution in [2.45, 2.75) is 111 Å². The Hall–Kier alpha value is 0.274. The van der Waals surface area contributed by atoms with Gasteiger partial charge in [-0.05, 0) is 87.0 Å². The van der Waals surface area contributed by atoms with Crippen molar-refractivity contribution in [2.75, 3.05) is 0 Å². The van der Waals surface area contributed by atoms with E-state index in [2.05, 4.69) is 68.5 Å². The minimum atomic E-state index is -2.14. The lowest BCUT2D eigenvalue weighted by Gasteiger charge is -2.34. The second-order valence-corrected chi connectivity index (χ2v) is 14.3. The molecule has 0 fully saturated rings. The van der Waals surface area contributed by atoms with Crippen LogP contribution in [0.5, 0.6) is 0 Å². The third-order valence-electron chi connectivity index (χ3n) is 3.20. The van der Waals surface area contributed by atoms with E-state index in [1.54, 1.807) is 0 Å². The molecule has 0 spiro atoms. The third kappa shape index (κ3) is 11.5. The first-order valence-corrected chi connectivity index (χ1v) is 14.1. The molecule has 0 radical (unpaired) electrons. The van der Waals surface area contributed by atoms with Crippen LogP contribution in [0.15, 0.2) is 0 Å². The highest BCUT2D eigenvalue weighted by molar-refractivity contribution is 6.67. The summed E-state index contributed by atoms with van der Waals surface area (Å²) in [5.41, 5.74) is 0. The predicted octanol–water partition coefficient (Wildman–Crippen LogP) is 5.22. The molecule has 0 aromatic rings. The highest BCUT2D eigenvalue weighted by atomic mass is 28.4. The first-order chi connectivity index (χ1) is 10.4. The van der Waals surface area contributed by atoms with Gasteiger partial charge in [-0.3, -0.25) is 0 Å². The average molecular weight is 365 g/mol. The minimum Gasteiger partial charge on any atom is -0.392 e. The molecular weight excluding hydrogens is 324 g/mol. The van der Waals surface area contributed by atoms with Gasteiger partial charge < -0.3 is 17.7 Å². The second-order valence-electron chi connectivity index (χ2n) is 7.79. The van der Waals surface area contributed by atoms with Gasteiger partial charge in [-0.2, -0.15) is 0 Å². The Kier molecular flexibility index (Phi) is 10.4. The van der Waals surface area contributed by atoms with E-state index in [9.17, 15) is 0 Å². The topological polar surface area (TPSA) is 36.9 Å². The van der Waals surface area contributed by atoms with Crippen molar-refractivity contribution in [3.63, 3.8) is 0 Å². The van der Waals surface area contributed by atoms with E-state index in [1.165, 1.54) is 0 Å². The zero-order valence-electron chi connectivity index (χ0n) is 17.1. The summed E-state index contributed by atoms with van der Waals surface area (Å²) in [4.78, 5) is 0. The molecule has 0 N–H and O–H groups in total. The Labute approximate surface area is 146 Å². The van der Waals surface area contributed by atoms with Gasteiger partial charge in [0.15, 0.2) is 0 Å². The third-order valence-corrected chi connectivity index (χ3v) is 9.61. The molecule has 0 aromatic carbocycles. The Morgan fingerprint density at radius 1 is 0.522 bits per heavy atom. The van der Waals surface area contributed by atoms with Crippen LogP contribution >= 0.6 is 0 Å². The Bertz CT molecular complexity index is 270. The molecule has 0 aliphatic carbocycles. The molecule has 0 bridgehead atoms. The molecule has 0 aromatic heterocycles. The molecule has 0 rings (SSSR count). The highest BCUT2D eigenvalue weighted by Crippen LogP contribution is 2.26. The quantitative estimate of drug-likeness (QED) is 0.445. The fourth-order valence-electron chi connectivity index (χ4n) is 3.02. The van der Waals surface area contributed by atoms with Crippen LogP contribution in [0.2, 0.25) is 25.2 Å². The van der Waals surface area contributed by atoms with E-state index >= 15 is 0 Å². The van der Waals surface area contributed by atoms with Gasteiger partial charge in [0.25, 0.3) is 0 Å². The Morgan fingerprint density at radius 3 is 0.913 bits per heavy atom. The Morgan fingerprint density at radius 2 is 0.739 bits per heavy atom.